The first-order valence-electron chi connectivity index (χ1n) is 12.4. The average molecular weight is 549 g/mol. The standard InChI is InChI=1S/C26H36N4O7S/c1-6-19(3)27-26(32)22(7-2)28(16-15-20-11-9-8-10-12-20)25(31)18-29(38(5,35)36)23-17-21(30(33)34)13-14-24(23)37-4/h8-14,17,19,22H,6-7,15-16,18H2,1-5H3,(H,27,32)/t19-,22+/m1/s1. The highest BCUT2D eigenvalue weighted by Gasteiger charge is 2.33. The number of hydrogen-bond acceptors (Lipinski definition) is 7. The minimum Gasteiger partial charge on any atom is -0.495 e. The summed E-state index contributed by atoms with van der Waals surface area (Å²) >= 11 is 0. The molecule has 0 saturated carbocycles. The van der Waals surface area contributed by atoms with E-state index in [0.717, 1.165) is 22.2 Å². The van der Waals surface area contributed by atoms with E-state index in [0.29, 0.717) is 19.3 Å². The van der Waals surface area contributed by atoms with Crippen molar-refractivity contribution in [3.8, 4) is 5.75 Å². The fraction of sp³-hybridized carbons (Fsp3) is 0.462. The molecule has 0 spiro atoms. The molecule has 2 aromatic carbocycles. The zero-order chi connectivity index (χ0) is 28.5. The van der Waals surface area contributed by atoms with Crippen LogP contribution in [0.15, 0.2) is 48.5 Å². The van der Waals surface area contributed by atoms with Crippen molar-refractivity contribution < 1.29 is 27.7 Å². The van der Waals surface area contributed by atoms with E-state index in [2.05, 4.69) is 5.32 Å². The molecule has 2 amide bonds. The van der Waals surface area contributed by atoms with Gasteiger partial charge in [0.2, 0.25) is 21.8 Å². The van der Waals surface area contributed by atoms with Crippen molar-refractivity contribution in [2.75, 3.05) is 30.8 Å². The van der Waals surface area contributed by atoms with E-state index >= 15 is 0 Å². The Morgan fingerprint density at radius 2 is 1.76 bits per heavy atom. The molecule has 2 atom stereocenters. The lowest BCUT2D eigenvalue weighted by Crippen LogP contribution is -2.54. The van der Waals surface area contributed by atoms with Gasteiger partial charge in [0.05, 0.1) is 18.3 Å². The Labute approximate surface area is 224 Å². The third kappa shape index (κ3) is 8.17. The molecule has 0 radical (unpaired) electrons. The number of nitrogens with zero attached hydrogens (tertiary/aromatic N) is 3. The number of nitrogens with one attached hydrogen (secondary N) is 1. The summed E-state index contributed by atoms with van der Waals surface area (Å²) in [5.41, 5.74) is 0.447. The van der Waals surface area contributed by atoms with E-state index < -0.39 is 33.4 Å². The Bertz CT molecular complexity index is 1220. The molecule has 1 N–H and O–H groups in total. The number of non-ortho nitro benzene ring substituents is 1. The molecule has 208 valence electrons. The molecule has 0 unspecified atom stereocenters. The van der Waals surface area contributed by atoms with Gasteiger partial charge < -0.3 is 15.0 Å². The van der Waals surface area contributed by atoms with Crippen LogP contribution in [0.5, 0.6) is 5.75 Å². The zero-order valence-electron chi connectivity index (χ0n) is 22.4. The summed E-state index contributed by atoms with van der Waals surface area (Å²) in [6, 6.07) is 12.0. The van der Waals surface area contributed by atoms with Crippen molar-refractivity contribution in [1.82, 2.24) is 10.2 Å². The third-order valence-corrected chi connectivity index (χ3v) is 7.32. The fourth-order valence-electron chi connectivity index (χ4n) is 3.92. The summed E-state index contributed by atoms with van der Waals surface area (Å²) in [5.74, 6) is -0.903. The van der Waals surface area contributed by atoms with Gasteiger partial charge in [0.15, 0.2) is 0 Å². The molecule has 0 aliphatic carbocycles. The van der Waals surface area contributed by atoms with Crippen LogP contribution in [0.2, 0.25) is 0 Å². The summed E-state index contributed by atoms with van der Waals surface area (Å²) < 4.78 is 31.7. The molecule has 11 nitrogen and oxygen atoms in total. The lowest BCUT2D eigenvalue weighted by Gasteiger charge is -2.33. The smallest absolute Gasteiger partial charge is 0.271 e. The van der Waals surface area contributed by atoms with Crippen LogP contribution >= 0.6 is 0 Å². The van der Waals surface area contributed by atoms with Crippen molar-refractivity contribution in [2.24, 2.45) is 0 Å². The average Bonchev–Trinajstić information content (AvgIpc) is 2.88. The van der Waals surface area contributed by atoms with Crippen molar-refractivity contribution in [2.45, 2.75) is 52.1 Å². The van der Waals surface area contributed by atoms with Gasteiger partial charge in [0.25, 0.3) is 5.69 Å². The molecular formula is C26H36N4O7S. The van der Waals surface area contributed by atoms with Crippen molar-refractivity contribution in [3.05, 3.63) is 64.2 Å². The van der Waals surface area contributed by atoms with Crippen LogP contribution in [0, 0.1) is 10.1 Å². The maximum Gasteiger partial charge on any atom is 0.271 e. The maximum absolute atomic E-state index is 13.7. The van der Waals surface area contributed by atoms with Crippen LogP contribution in [-0.2, 0) is 26.0 Å². The Morgan fingerprint density at radius 3 is 2.29 bits per heavy atom. The molecule has 0 heterocycles. The van der Waals surface area contributed by atoms with Gasteiger partial charge in [-0.25, -0.2) is 8.42 Å². The number of carbonyl (C=O) groups excluding carboxylic acids is 2. The third-order valence-electron chi connectivity index (χ3n) is 6.19. The molecule has 0 fully saturated rings. The van der Waals surface area contributed by atoms with E-state index in [-0.39, 0.29) is 35.6 Å². The van der Waals surface area contributed by atoms with Gasteiger partial charge in [-0.15, -0.1) is 0 Å². The first kappa shape index (κ1) is 30.6. The largest absolute Gasteiger partial charge is 0.495 e. The first-order valence-corrected chi connectivity index (χ1v) is 14.2. The fourth-order valence-corrected chi connectivity index (χ4v) is 4.76. The number of sulfonamides is 1. The molecule has 0 aliphatic rings. The molecule has 2 rings (SSSR count). The summed E-state index contributed by atoms with van der Waals surface area (Å²) in [7, 11) is -2.78. The Morgan fingerprint density at radius 1 is 1.11 bits per heavy atom. The van der Waals surface area contributed by atoms with E-state index in [1.165, 1.54) is 24.1 Å². The molecule has 38 heavy (non-hydrogen) atoms. The number of methoxy groups -OCH3 is 1. The highest BCUT2D eigenvalue weighted by Crippen LogP contribution is 2.33. The van der Waals surface area contributed by atoms with Gasteiger partial charge in [0.1, 0.15) is 24.0 Å². The molecule has 0 bridgehead atoms. The van der Waals surface area contributed by atoms with Gasteiger partial charge in [-0.3, -0.25) is 24.0 Å². The zero-order valence-corrected chi connectivity index (χ0v) is 23.2. The number of hydrogen-bond donors (Lipinski definition) is 1. The summed E-state index contributed by atoms with van der Waals surface area (Å²) in [6.45, 7) is 5.07. The number of nitro benzene ring substituents is 1. The molecule has 0 aliphatic heterocycles. The minimum atomic E-state index is -4.08. The van der Waals surface area contributed by atoms with Gasteiger partial charge in [-0.05, 0) is 37.8 Å². The van der Waals surface area contributed by atoms with Crippen LogP contribution in [-0.4, -0.2) is 68.6 Å². The van der Waals surface area contributed by atoms with E-state index in [1.807, 2.05) is 44.2 Å². The number of benzene rings is 2. The predicted molar refractivity (Wildman–Crippen MR) is 146 cm³/mol. The van der Waals surface area contributed by atoms with E-state index in [4.69, 9.17) is 4.74 Å². The van der Waals surface area contributed by atoms with Crippen molar-refractivity contribution in [1.29, 1.82) is 0 Å². The summed E-state index contributed by atoms with van der Waals surface area (Å²) in [4.78, 5) is 39.0. The predicted octanol–water partition coefficient (Wildman–Crippen LogP) is 3.13. The Balaban J connectivity index is 2.49. The molecular weight excluding hydrogens is 512 g/mol. The lowest BCUT2D eigenvalue weighted by atomic mass is 10.1. The SMILES string of the molecule is CC[C@@H](C)NC(=O)[C@H](CC)N(CCc1ccccc1)C(=O)CN(c1cc([N+](=O)[O-])ccc1OC)S(C)(=O)=O. The maximum atomic E-state index is 13.7. The van der Waals surface area contributed by atoms with Crippen LogP contribution in [0.1, 0.15) is 39.2 Å². The number of ether oxygens (including phenoxy) is 1. The number of amides is 2. The topological polar surface area (TPSA) is 139 Å². The second-order valence-corrected chi connectivity index (χ2v) is 10.9. The normalized spacial score (nSPS) is 12.8. The molecule has 0 saturated heterocycles. The number of rotatable bonds is 14. The van der Waals surface area contributed by atoms with E-state index in [9.17, 15) is 28.1 Å². The van der Waals surface area contributed by atoms with Gasteiger partial charge in [-0.2, -0.15) is 0 Å². The quantitative estimate of drug-likeness (QED) is 0.283. The van der Waals surface area contributed by atoms with Crippen molar-refractivity contribution in [3.63, 3.8) is 0 Å². The lowest BCUT2D eigenvalue weighted by molar-refractivity contribution is -0.384. The number of carbonyl (C=O) groups is 2. The second kappa shape index (κ2) is 13.8. The highest BCUT2D eigenvalue weighted by atomic mass is 32.2. The van der Waals surface area contributed by atoms with Gasteiger partial charge in [-0.1, -0.05) is 44.2 Å². The Hall–Kier alpha value is -3.67. The highest BCUT2D eigenvalue weighted by molar-refractivity contribution is 7.92. The van der Waals surface area contributed by atoms with E-state index in [1.54, 1.807) is 6.92 Å². The van der Waals surface area contributed by atoms with Crippen molar-refractivity contribution >= 4 is 33.2 Å². The molecule has 0 aromatic heterocycles. The summed E-state index contributed by atoms with van der Waals surface area (Å²) in [5, 5.41) is 14.3. The first-order chi connectivity index (χ1) is 17.9. The van der Waals surface area contributed by atoms with Gasteiger partial charge >= 0.3 is 0 Å². The van der Waals surface area contributed by atoms with Crippen LogP contribution < -0.4 is 14.4 Å². The Kier molecular flexibility index (Phi) is 11.1. The van der Waals surface area contributed by atoms with Gasteiger partial charge in [0, 0.05) is 24.7 Å². The summed E-state index contributed by atoms with van der Waals surface area (Å²) in [6.07, 6.45) is 2.36. The second-order valence-electron chi connectivity index (χ2n) is 8.95. The minimum absolute atomic E-state index is 0.0474. The van der Waals surface area contributed by atoms with Crippen LogP contribution in [0.25, 0.3) is 0 Å². The monoisotopic (exact) mass is 548 g/mol. The molecule has 12 heteroatoms. The molecule has 2 aromatic rings. The number of anilines is 1. The number of nitro groups is 1. The van der Waals surface area contributed by atoms with Crippen LogP contribution in [0.4, 0.5) is 11.4 Å². The van der Waals surface area contributed by atoms with Crippen LogP contribution in [0.3, 0.4) is 0 Å².